The van der Waals surface area contributed by atoms with Crippen LogP contribution < -0.4 is 10.1 Å². The Bertz CT molecular complexity index is 740. The second-order valence-corrected chi connectivity index (χ2v) is 4.50. The molecular weight excluding hydrogens is 314 g/mol. The number of rotatable bonds is 5. The summed E-state index contributed by atoms with van der Waals surface area (Å²) in [5.74, 6) is -0.190. The summed E-state index contributed by atoms with van der Waals surface area (Å²) in [5.41, 5.74) is 1.10. The van der Waals surface area contributed by atoms with Crippen LogP contribution in [0.4, 0.5) is 11.4 Å². The first-order valence-corrected chi connectivity index (χ1v) is 6.78. The quantitative estimate of drug-likeness (QED) is 0.374. The van der Waals surface area contributed by atoms with Gasteiger partial charge in [-0.05, 0) is 30.7 Å². The van der Waals surface area contributed by atoms with Crippen LogP contribution in [0.5, 0.6) is 17.4 Å². The minimum Gasteiger partial charge on any atom is -0.504 e. The van der Waals surface area contributed by atoms with Crippen LogP contribution in [-0.2, 0) is 4.79 Å². The highest BCUT2D eigenvalue weighted by molar-refractivity contribution is 5.63. The van der Waals surface area contributed by atoms with Gasteiger partial charge in [-0.1, -0.05) is 6.58 Å². The highest BCUT2D eigenvalue weighted by Crippen LogP contribution is 2.35. The summed E-state index contributed by atoms with van der Waals surface area (Å²) in [5, 5.41) is 23.6. The molecule has 1 aromatic carbocycles. The molecule has 0 aliphatic rings. The molecule has 2 N–H and O–H groups in total. The van der Waals surface area contributed by atoms with E-state index in [9.17, 15) is 15.2 Å². The molecule has 1 aromatic heterocycles. The van der Waals surface area contributed by atoms with Crippen molar-refractivity contribution >= 4 is 17.7 Å². The van der Waals surface area contributed by atoms with Gasteiger partial charge in [0.15, 0.2) is 11.5 Å². The van der Waals surface area contributed by atoms with Crippen LogP contribution in [0, 0.1) is 17.0 Å². The van der Waals surface area contributed by atoms with Crippen molar-refractivity contribution in [3.63, 3.8) is 0 Å². The van der Waals surface area contributed by atoms with Crippen molar-refractivity contribution in [1.82, 2.24) is 4.98 Å². The number of anilines is 1. The van der Waals surface area contributed by atoms with Gasteiger partial charge >= 0.3 is 5.69 Å². The van der Waals surface area contributed by atoms with E-state index < -0.39 is 4.92 Å². The maximum atomic E-state index is 11.0. The van der Waals surface area contributed by atoms with E-state index in [1.165, 1.54) is 30.5 Å². The fraction of sp³-hybridized carbons (Fsp3) is 0.125. The number of aromatic nitrogens is 1. The molecule has 0 bridgehead atoms. The van der Waals surface area contributed by atoms with E-state index in [-0.39, 0.29) is 23.1 Å². The summed E-state index contributed by atoms with van der Waals surface area (Å²) in [4.78, 5) is 23.3. The van der Waals surface area contributed by atoms with Crippen LogP contribution in [-0.4, -0.2) is 28.3 Å². The van der Waals surface area contributed by atoms with Crippen LogP contribution in [0.2, 0.25) is 0 Å². The zero-order valence-corrected chi connectivity index (χ0v) is 13.2. The lowest BCUT2D eigenvalue weighted by Gasteiger charge is -2.08. The van der Waals surface area contributed by atoms with Gasteiger partial charge in [-0.25, -0.2) is 4.98 Å². The third kappa shape index (κ3) is 5.09. The Morgan fingerprint density at radius 1 is 1.42 bits per heavy atom. The molecule has 0 aliphatic heterocycles. The van der Waals surface area contributed by atoms with Crippen molar-refractivity contribution in [3.05, 3.63) is 58.8 Å². The predicted molar refractivity (Wildman–Crippen MR) is 89.6 cm³/mol. The molecule has 1 heterocycles. The number of hydrogen-bond acceptors (Lipinski definition) is 7. The molecular formula is C16H17N3O5. The van der Waals surface area contributed by atoms with Gasteiger partial charge in [-0.3, -0.25) is 14.9 Å². The number of allylic oxidation sites excluding steroid dienone is 1. The maximum Gasteiger partial charge on any atom is 0.331 e. The molecule has 0 fully saturated rings. The molecule has 2 rings (SSSR count). The molecule has 24 heavy (non-hydrogen) atoms. The summed E-state index contributed by atoms with van der Waals surface area (Å²) >= 11 is 0. The minimum absolute atomic E-state index is 0.100. The monoisotopic (exact) mass is 331 g/mol. The fourth-order valence-electron chi connectivity index (χ4n) is 1.61. The van der Waals surface area contributed by atoms with Gasteiger partial charge in [0.2, 0.25) is 0 Å². The number of nitrogens with one attached hydrogen (secondary N) is 1. The summed E-state index contributed by atoms with van der Waals surface area (Å²) in [6.07, 6.45) is 3.29. The van der Waals surface area contributed by atoms with Gasteiger partial charge in [-0.15, -0.1) is 0 Å². The number of pyridine rings is 1. The van der Waals surface area contributed by atoms with Gasteiger partial charge in [0.05, 0.1) is 4.92 Å². The number of phenolic OH excluding ortho intramolecular Hbond substituents is 1. The lowest BCUT2D eigenvalue weighted by molar-refractivity contribution is -0.386. The van der Waals surface area contributed by atoms with E-state index in [4.69, 9.17) is 9.53 Å². The zero-order chi connectivity index (χ0) is 18.1. The van der Waals surface area contributed by atoms with Gasteiger partial charge in [0.1, 0.15) is 6.29 Å². The maximum absolute atomic E-state index is 11.0. The lowest BCUT2D eigenvalue weighted by Crippen LogP contribution is -1.97. The van der Waals surface area contributed by atoms with E-state index in [0.717, 1.165) is 0 Å². The average Bonchev–Trinajstić information content (AvgIpc) is 2.58. The van der Waals surface area contributed by atoms with Crippen molar-refractivity contribution in [2.45, 2.75) is 6.92 Å². The van der Waals surface area contributed by atoms with Crippen LogP contribution in [0.3, 0.4) is 0 Å². The van der Waals surface area contributed by atoms with Crippen molar-refractivity contribution in [3.8, 4) is 17.4 Å². The number of carbonyl (C=O) groups is 1. The topological polar surface area (TPSA) is 115 Å². The Labute approximate surface area is 138 Å². The molecule has 0 atom stereocenters. The Morgan fingerprint density at radius 2 is 2.08 bits per heavy atom. The molecule has 0 unspecified atom stereocenters. The first-order valence-electron chi connectivity index (χ1n) is 6.78. The summed E-state index contributed by atoms with van der Waals surface area (Å²) in [7, 11) is 1.71. The molecule has 2 aromatic rings. The summed E-state index contributed by atoms with van der Waals surface area (Å²) in [6.45, 7) is 4.81. The average molecular weight is 331 g/mol. The summed E-state index contributed by atoms with van der Waals surface area (Å²) < 4.78 is 5.33. The largest absolute Gasteiger partial charge is 0.504 e. The van der Waals surface area contributed by atoms with E-state index in [2.05, 4.69) is 16.9 Å². The number of ether oxygens (including phenoxy) is 1. The molecule has 0 aliphatic carbocycles. The molecule has 0 radical (unpaired) electrons. The third-order valence-corrected chi connectivity index (χ3v) is 2.72. The molecule has 8 heteroatoms. The second kappa shape index (κ2) is 8.89. The molecule has 8 nitrogen and oxygen atoms in total. The minimum atomic E-state index is -0.575. The van der Waals surface area contributed by atoms with Gasteiger partial charge < -0.3 is 15.2 Å². The molecule has 0 saturated carbocycles. The van der Waals surface area contributed by atoms with E-state index in [0.29, 0.717) is 17.5 Å². The smallest absolute Gasteiger partial charge is 0.331 e. The third-order valence-electron chi connectivity index (χ3n) is 2.72. The molecule has 0 saturated heterocycles. The van der Waals surface area contributed by atoms with E-state index in [1.807, 2.05) is 0 Å². The Balaban J connectivity index is 0.000000648. The highest BCUT2D eigenvalue weighted by Gasteiger charge is 2.19. The van der Waals surface area contributed by atoms with E-state index in [1.54, 1.807) is 20.0 Å². The number of nitro groups is 1. The predicted octanol–water partition coefficient (Wildman–Crippen LogP) is 3.21. The normalized spacial score (nSPS) is 9.25. The number of aldehydes is 1. The van der Waals surface area contributed by atoms with E-state index >= 15 is 0 Å². The standard InChI is InChI=1S/C13H13N3O4.C3H4O/c1-8-5-10(16(18)19)13(15-7-8)20-12-4-3-9(14-2)6-11(12)17;1-2-3-4/h3-7,14,17H,1-2H3;2-3H,1H2. The molecule has 0 amide bonds. The second-order valence-electron chi connectivity index (χ2n) is 4.50. The van der Waals surface area contributed by atoms with Crippen molar-refractivity contribution in [2.24, 2.45) is 0 Å². The number of aryl methyl sites for hydroxylation is 1. The van der Waals surface area contributed by atoms with Crippen LogP contribution in [0.1, 0.15) is 5.56 Å². The Morgan fingerprint density at radius 3 is 2.58 bits per heavy atom. The first kappa shape index (κ1) is 18.6. The first-order chi connectivity index (χ1) is 11.4. The van der Waals surface area contributed by atoms with Gasteiger partial charge in [-0.2, -0.15) is 0 Å². The molecule has 0 spiro atoms. The van der Waals surface area contributed by atoms with Crippen LogP contribution in [0.15, 0.2) is 43.1 Å². The Kier molecular flexibility index (Phi) is 6.90. The van der Waals surface area contributed by atoms with Gasteiger partial charge in [0.25, 0.3) is 5.88 Å². The van der Waals surface area contributed by atoms with Crippen LogP contribution >= 0.6 is 0 Å². The summed E-state index contributed by atoms with van der Waals surface area (Å²) in [6, 6.07) is 6.00. The fourth-order valence-corrected chi connectivity index (χ4v) is 1.61. The number of benzene rings is 1. The zero-order valence-electron chi connectivity index (χ0n) is 13.2. The number of aromatic hydroxyl groups is 1. The van der Waals surface area contributed by atoms with Crippen molar-refractivity contribution in [2.75, 3.05) is 12.4 Å². The molecule has 126 valence electrons. The number of hydrogen-bond donors (Lipinski definition) is 2. The van der Waals surface area contributed by atoms with Crippen molar-refractivity contribution in [1.29, 1.82) is 0 Å². The van der Waals surface area contributed by atoms with Crippen LogP contribution in [0.25, 0.3) is 0 Å². The highest BCUT2D eigenvalue weighted by atomic mass is 16.6. The Hall–Kier alpha value is -3.42. The SMILES string of the molecule is C=CC=O.CNc1ccc(Oc2ncc(C)cc2[N+](=O)[O-])c(O)c1. The number of phenols is 1. The van der Waals surface area contributed by atoms with Gasteiger partial charge in [0, 0.05) is 31.1 Å². The van der Waals surface area contributed by atoms with Crippen molar-refractivity contribution < 1.29 is 19.6 Å². The lowest BCUT2D eigenvalue weighted by atomic mass is 10.2. The number of carbonyl (C=O) groups excluding carboxylic acids is 1. The number of nitrogens with zero attached hydrogens (tertiary/aromatic N) is 2.